The molecule has 0 radical (unpaired) electrons. The van der Waals surface area contributed by atoms with Crippen LogP contribution in [0.25, 0.3) is 0 Å². The Hall–Kier alpha value is -0.860. The van der Waals surface area contributed by atoms with Gasteiger partial charge >= 0.3 is 0 Å². The van der Waals surface area contributed by atoms with Gasteiger partial charge in [0, 0.05) is 18.6 Å². The van der Waals surface area contributed by atoms with Crippen molar-refractivity contribution in [1.29, 1.82) is 0 Å². The van der Waals surface area contributed by atoms with Crippen molar-refractivity contribution in [1.82, 2.24) is 4.90 Å². The Balaban J connectivity index is 1.96. The molecule has 1 aromatic rings. The molecule has 0 aromatic heterocycles. The lowest BCUT2D eigenvalue weighted by Gasteiger charge is -2.43. The number of likely N-dealkylation sites (N-methyl/N-ethyl adjacent to an activating group) is 1. The van der Waals surface area contributed by atoms with Crippen molar-refractivity contribution in [3.8, 4) is 0 Å². The van der Waals surface area contributed by atoms with Gasteiger partial charge in [0.1, 0.15) is 0 Å². The molecule has 0 amide bonds. The van der Waals surface area contributed by atoms with E-state index in [1.165, 1.54) is 18.4 Å². The van der Waals surface area contributed by atoms with Gasteiger partial charge in [-0.05, 0) is 44.2 Å². The average Bonchev–Trinajstić information content (AvgIpc) is 3.15. The highest BCUT2D eigenvalue weighted by Crippen LogP contribution is 2.55. The SMILES string of the molecule is CN(CCc1ccccc1)C(C)(CN)C1(C)CC1. The van der Waals surface area contributed by atoms with Crippen LogP contribution in [0.2, 0.25) is 0 Å². The highest BCUT2D eigenvalue weighted by molar-refractivity contribution is 5.15. The Labute approximate surface area is 111 Å². The minimum absolute atomic E-state index is 0.141. The molecule has 1 atom stereocenters. The third-order valence-corrected chi connectivity index (χ3v) is 5.12. The number of benzene rings is 1. The van der Waals surface area contributed by atoms with Gasteiger partial charge in [0.05, 0.1) is 0 Å². The molecule has 1 fully saturated rings. The summed E-state index contributed by atoms with van der Waals surface area (Å²) in [5, 5.41) is 0. The summed E-state index contributed by atoms with van der Waals surface area (Å²) < 4.78 is 0. The normalized spacial score (nSPS) is 20.7. The van der Waals surface area contributed by atoms with Crippen molar-refractivity contribution >= 4 is 0 Å². The Kier molecular flexibility index (Phi) is 3.79. The zero-order valence-electron chi connectivity index (χ0n) is 11.9. The summed E-state index contributed by atoms with van der Waals surface area (Å²) in [6.07, 6.45) is 3.73. The first-order chi connectivity index (χ1) is 8.52. The van der Waals surface area contributed by atoms with Gasteiger partial charge in [-0.3, -0.25) is 4.90 Å². The van der Waals surface area contributed by atoms with Gasteiger partial charge in [-0.25, -0.2) is 0 Å². The van der Waals surface area contributed by atoms with E-state index in [4.69, 9.17) is 5.73 Å². The van der Waals surface area contributed by atoms with Crippen molar-refractivity contribution in [3.05, 3.63) is 35.9 Å². The van der Waals surface area contributed by atoms with Crippen LogP contribution in [0.4, 0.5) is 0 Å². The summed E-state index contributed by atoms with van der Waals surface area (Å²) in [4.78, 5) is 2.47. The quantitative estimate of drug-likeness (QED) is 0.836. The Morgan fingerprint density at radius 3 is 2.39 bits per heavy atom. The number of hydrogen-bond acceptors (Lipinski definition) is 2. The molecule has 18 heavy (non-hydrogen) atoms. The third kappa shape index (κ3) is 2.45. The Bertz CT molecular complexity index is 383. The smallest absolute Gasteiger partial charge is 0.0354 e. The highest BCUT2D eigenvalue weighted by atomic mass is 15.2. The van der Waals surface area contributed by atoms with Gasteiger partial charge in [0.25, 0.3) is 0 Å². The molecule has 0 aliphatic heterocycles. The van der Waals surface area contributed by atoms with Gasteiger partial charge in [0.2, 0.25) is 0 Å². The van der Waals surface area contributed by atoms with Crippen molar-refractivity contribution in [2.24, 2.45) is 11.1 Å². The predicted molar refractivity (Wildman–Crippen MR) is 77.6 cm³/mol. The van der Waals surface area contributed by atoms with Crippen molar-refractivity contribution in [2.75, 3.05) is 20.1 Å². The van der Waals surface area contributed by atoms with Crippen LogP contribution in [0, 0.1) is 5.41 Å². The van der Waals surface area contributed by atoms with Gasteiger partial charge in [-0.2, -0.15) is 0 Å². The fourth-order valence-electron chi connectivity index (χ4n) is 2.78. The number of hydrogen-bond donors (Lipinski definition) is 1. The summed E-state index contributed by atoms with van der Waals surface area (Å²) in [5.41, 5.74) is 8.03. The van der Waals surface area contributed by atoms with Crippen molar-refractivity contribution in [2.45, 2.75) is 38.6 Å². The summed E-state index contributed by atoms with van der Waals surface area (Å²) >= 11 is 0. The van der Waals surface area contributed by atoms with E-state index in [-0.39, 0.29) is 5.54 Å². The van der Waals surface area contributed by atoms with Gasteiger partial charge in [0.15, 0.2) is 0 Å². The zero-order chi connectivity index (χ0) is 13.2. The topological polar surface area (TPSA) is 29.3 Å². The second-order valence-electron chi connectivity index (χ2n) is 6.20. The maximum Gasteiger partial charge on any atom is 0.0354 e. The van der Waals surface area contributed by atoms with Gasteiger partial charge in [-0.1, -0.05) is 37.3 Å². The Morgan fingerprint density at radius 1 is 1.28 bits per heavy atom. The number of rotatable bonds is 6. The van der Waals surface area contributed by atoms with E-state index in [0.29, 0.717) is 5.41 Å². The first kappa shape index (κ1) is 13.6. The van der Waals surface area contributed by atoms with Gasteiger partial charge in [-0.15, -0.1) is 0 Å². The molecule has 2 heteroatoms. The minimum atomic E-state index is 0.141. The second kappa shape index (κ2) is 5.02. The molecular weight excluding hydrogens is 220 g/mol. The third-order valence-electron chi connectivity index (χ3n) is 5.12. The summed E-state index contributed by atoms with van der Waals surface area (Å²) in [6, 6.07) is 10.7. The van der Waals surface area contributed by atoms with Crippen molar-refractivity contribution < 1.29 is 0 Å². The lowest BCUT2D eigenvalue weighted by molar-refractivity contribution is 0.0739. The number of nitrogens with zero attached hydrogens (tertiary/aromatic N) is 1. The molecule has 1 saturated carbocycles. The van der Waals surface area contributed by atoms with E-state index < -0.39 is 0 Å². The van der Waals surface area contributed by atoms with E-state index in [9.17, 15) is 0 Å². The van der Waals surface area contributed by atoms with Crippen LogP contribution >= 0.6 is 0 Å². The van der Waals surface area contributed by atoms with E-state index in [0.717, 1.165) is 19.5 Å². The number of nitrogens with two attached hydrogens (primary N) is 1. The molecule has 2 nitrogen and oxygen atoms in total. The molecule has 2 N–H and O–H groups in total. The van der Waals surface area contributed by atoms with Gasteiger partial charge < -0.3 is 5.73 Å². The second-order valence-corrected chi connectivity index (χ2v) is 6.20. The van der Waals surface area contributed by atoms with E-state index >= 15 is 0 Å². The van der Waals surface area contributed by atoms with Crippen LogP contribution in [0.5, 0.6) is 0 Å². The molecule has 1 unspecified atom stereocenters. The minimum Gasteiger partial charge on any atom is -0.329 e. The van der Waals surface area contributed by atoms with Crippen LogP contribution in [0.15, 0.2) is 30.3 Å². The molecule has 2 rings (SSSR count). The fraction of sp³-hybridized carbons (Fsp3) is 0.625. The lowest BCUT2D eigenvalue weighted by atomic mass is 9.82. The lowest BCUT2D eigenvalue weighted by Crippen LogP contribution is -2.55. The summed E-state index contributed by atoms with van der Waals surface area (Å²) in [7, 11) is 2.22. The summed E-state index contributed by atoms with van der Waals surface area (Å²) in [5.74, 6) is 0. The molecule has 1 aliphatic carbocycles. The standard InChI is InChI=1S/C16H26N2/c1-15(10-11-15)16(2,13-17)18(3)12-9-14-7-5-4-6-8-14/h4-8H,9-13,17H2,1-3H3. The highest BCUT2D eigenvalue weighted by Gasteiger charge is 2.53. The maximum atomic E-state index is 6.06. The van der Waals surface area contributed by atoms with Crippen LogP contribution in [0.3, 0.4) is 0 Å². The largest absolute Gasteiger partial charge is 0.329 e. The van der Waals surface area contributed by atoms with Crippen LogP contribution < -0.4 is 5.73 Å². The molecule has 1 aliphatic rings. The Morgan fingerprint density at radius 2 is 1.89 bits per heavy atom. The van der Waals surface area contributed by atoms with E-state index in [1.54, 1.807) is 0 Å². The molecule has 0 bridgehead atoms. The molecule has 1 aromatic carbocycles. The zero-order valence-corrected chi connectivity index (χ0v) is 11.9. The molecular formula is C16H26N2. The first-order valence-electron chi connectivity index (χ1n) is 6.97. The molecule has 0 spiro atoms. The van der Waals surface area contributed by atoms with Crippen LogP contribution in [-0.4, -0.2) is 30.6 Å². The van der Waals surface area contributed by atoms with E-state index in [1.807, 2.05) is 0 Å². The molecule has 0 heterocycles. The monoisotopic (exact) mass is 246 g/mol. The summed E-state index contributed by atoms with van der Waals surface area (Å²) in [6.45, 7) is 6.52. The fourth-order valence-corrected chi connectivity index (χ4v) is 2.78. The average molecular weight is 246 g/mol. The molecule has 100 valence electrons. The van der Waals surface area contributed by atoms with Crippen molar-refractivity contribution in [3.63, 3.8) is 0 Å². The van der Waals surface area contributed by atoms with Crippen LogP contribution in [-0.2, 0) is 6.42 Å². The first-order valence-corrected chi connectivity index (χ1v) is 6.97. The predicted octanol–water partition coefficient (Wildman–Crippen LogP) is 2.68. The van der Waals surface area contributed by atoms with E-state index in [2.05, 4.69) is 56.1 Å². The maximum absolute atomic E-state index is 6.06. The van der Waals surface area contributed by atoms with Crippen LogP contribution in [0.1, 0.15) is 32.3 Å². The molecule has 0 saturated heterocycles.